The van der Waals surface area contributed by atoms with Gasteiger partial charge in [-0.05, 0) is 135 Å². The fourth-order valence-corrected chi connectivity index (χ4v) is 8.30. The number of phosphoric acid groups is 1. The smallest absolute Gasteiger partial charge is 0.462 e. The highest BCUT2D eigenvalue weighted by molar-refractivity contribution is 7.47. The van der Waals surface area contributed by atoms with Crippen LogP contribution >= 0.6 is 7.82 Å². The second kappa shape index (κ2) is 58.8. The van der Waals surface area contributed by atoms with E-state index in [1.54, 1.807) is 0 Å². The summed E-state index contributed by atoms with van der Waals surface area (Å²) in [5, 5.41) is 9.84. The molecule has 0 aliphatic rings. The molecule has 0 aliphatic carbocycles. The van der Waals surface area contributed by atoms with Crippen LogP contribution in [0.3, 0.4) is 0 Å². The van der Waals surface area contributed by atoms with Gasteiger partial charge in [-0.2, -0.15) is 0 Å². The van der Waals surface area contributed by atoms with E-state index in [0.717, 1.165) is 141 Å². The molecule has 2 N–H and O–H groups in total. The highest BCUT2D eigenvalue weighted by atomic mass is 31.2. The number of allylic oxidation sites excluding steroid dienone is 22. The SMILES string of the molecule is CC/C=C\C/C=C\C/C=C\C/C=C\C/C=C\CCCCCC(=O)OC(COC(=O)CCCCC/C=C\C/C=C\C/C=C\CC)COP(=O)(O)OCC(CO)OC(=O)CCCCCCCC/C=C\C/C=C\C/C=C\CCCCC. The molecule has 0 bridgehead atoms. The van der Waals surface area contributed by atoms with Crippen molar-refractivity contribution in [3.05, 3.63) is 134 Å². The quantitative estimate of drug-likeness (QED) is 0.0197. The minimum atomic E-state index is -4.78. The lowest BCUT2D eigenvalue weighted by atomic mass is 10.1. The molecule has 0 fully saturated rings. The molecule has 0 aromatic carbocycles. The van der Waals surface area contributed by atoms with Crippen molar-refractivity contribution < 1.29 is 52.2 Å². The predicted octanol–water partition coefficient (Wildman–Crippen LogP) is 18.1. The molecule has 0 spiro atoms. The molecule has 0 saturated heterocycles. The molecule has 78 heavy (non-hydrogen) atoms. The van der Waals surface area contributed by atoms with Crippen LogP contribution in [0, 0.1) is 0 Å². The third-order valence-corrected chi connectivity index (χ3v) is 13.0. The monoisotopic (exact) mass is 1110 g/mol. The van der Waals surface area contributed by atoms with Gasteiger partial charge in [0.25, 0.3) is 0 Å². The van der Waals surface area contributed by atoms with Crippen molar-refractivity contribution in [2.24, 2.45) is 0 Å². The molecular weight excluding hydrogens is 1000 g/mol. The van der Waals surface area contributed by atoms with E-state index in [0.29, 0.717) is 19.3 Å². The van der Waals surface area contributed by atoms with Crippen LogP contribution in [0.15, 0.2) is 134 Å². The van der Waals surface area contributed by atoms with Crippen LogP contribution in [0.1, 0.15) is 226 Å². The van der Waals surface area contributed by atoms with E-state index in [9.17, 15) is 28.9 Å². The molecule has 11 nitrogen and oxygen atoms in total. The molecule has 0 amide bonds. The molecule has 0 aliphatic heterocycles. The predicted molar refractivity (Wildman–Crippen MR) is 325 cm³/mol. The van der Waals surface area contributed by atoms with Gasteiger partial charge in [0.15, 0.2) is 6.10 Å². The normalized spacial score (nSPS) is 14.3. The highest BCUT2D eigenvalue weighted by Gasteiger charge is 2.28. The Morgan fingerprint density at radius 1 is 0.372 bits per heavy atom. The van der Waals surface area contributed by atoms with Crippen LogP contribution in [0.5, 0.6) is 0 Å². The maximum Gasteiger partial charge on any atom is 0.472 e. The van der Waals surface area contributed by atoms with Crippen molar-refractivity contribution in [1.82, 2.24) is 0 Å². The van der Waals surface area contributed by atoms with Gasteiger partial charge in [0.1, 0.15) is 12.7 Å². The van der Waals surface area contributed by atoms with Crippen molar-refractivity contribution in [2.45, 2.75) is 238 Å². The van der Waals surface area contributed by atoms with Gasteiger partial charge in [0.05, 0.1) is 19.8 Å². The number of phosphoric ester groups is 1. The Morgan fingerprint density at radius 2 is 0.667 bits per heavy atom. The second-order valence-corrected chi connectivity index (χ2v) is 20.8. The Bertz CT molecular complexity index is 1820. The van der Waals surface area contributed by atoms with E-state index >= 15 is 0 Å². The van der Waals surface area contributed by atoms with Crippen molar-refractivity contribution in [1.29, 1.82) is 0 Å². The Balaban J connectivity index is 4.79. The Hall–Kier alpha value is -4.38. The summed E-state index contributed by atoms with van der Waals surface area (Å²) >= 11 is 0. The van der Waals surface area contributed by atoms with Crippen LogP contribution in [0.2, 0.25) is 0 Å². The number of rotatable bonds is 54. The summed E-state index contributed by atoms with van der Waals surface area (Å²) in [7, 11) is -4.78. The van der Waals surface area contributed by atoms with Gasteiger partial charge >= 0.3 is 25.7 Å². The molecule has 0 aromatic rings. The van der Waals surface area contributed by atoms with Crippen LogP contribution < -0.4 is 0 Å². The van der Waals surface area contributed by atoms with E-state index in [1.807, 2.05) is 0 Å². The summed E-state index contributed by atoms with van der Waals surface area (Å²) in [6.07, 6.45) is 74.1. The lowest BCUT2D eigenvalue weighted by Gasteiger charge is -2.21. The van der Waals surface area contributed by atoms with E-state index in [1.165, 1.54) is 25.7 Å². The second-order valence-electron chi connectivity index (χ2n) is 19.4. The van der Waals surface area contributed by atoms with Gasteiger partial charge in [-0.15, -0.1) is 0 Å². The van der Waals surface area contributed by atoms with Crippen LogP contribution in [-0.4, -0.2) is 66.5 Å². The number of carbonyl (C=O) groups excluding carboxylic acids is 3. The van der Waals surface area contributed by atoms with Crippen LogP contribution in [-0.2, 0) is 42.2 Å². The van der Waals surface area contributed by atoms with Crippen molar-refractivity contribution in [3.8, 4) is 0 Å². The third-order valence-electron chi connectivity index (χ3n) is 12.0. The lowest BCUT2D eigenvalue weighted by Crippen LogP contribution is -2.30. The molecule has 0 aromatic heterocycles. The van der Waals surface area contributed by atoms with E-state index < -0.39 is 57.8 Å². The largest absolute Gasteiger partial charge is 0.472 e. The summed E-state index contributed by atoms with van der Waals surface area (Å²) in [6.45, 7) is 4.29. The van der Waals surface area contributed by atoms with Crippen LogP contribution in [0.25, 0.3) is 0 Å². The molecule has 442 valence electrons. The standard InChI is InChI=1S/C66H107O11P/c1-4-7-10-13-16-19-22-25-27-29-31-33-35-38-41-44-47-50-53-56-65(69)76-62(58-67)60-74-78(71,72)75-61-63(59-73-64(68)55-52-49-46-43-40-37-24-21-18-15-12-9-6-3)77-66(70)57-54-51-48-45-42-39-36-34-32-30-28-26-23-20-17-14-11-8-5-2/h8-9,11-12,16-21,25-28,31-34,37,39-40,42,62-63,67H,4-7,10,13-15,22-24,29-30,35-36,38,41,43-61H2,1-3H3,(H,71,72)/b11-8-,12-9-,19-16-,20-17-,21-18-,27-25-,28-26-,33-31-,34-32-,40-37-,42-39-. The summed E-state index contributed by atoms with van der Waals surface area (Å²) in [4.78, 5) is 48.6. The molecule has 0 saturated carbocycles. The Kier molecular flexibility index (Phi) is 55.5. The number of aliphatic hydroxyl groups is 1. The van der Waals surface area contributed by atoms with Crippen LogP contribution in [0.4, 0.5) is 0 Å². The summed E-state index contributed by atoms with van der Waals surface area (Å²) in [5.74, 6) is -1.57. The zero-order chi connectivity index (χ0) is 56.9. The first-order chi connectivity index (χ1) is 38.2. The highest BCUT2D eigenvalue weighted by Crippen LogP contribution is 2.43. The fraction of sp³-hybridized carbons (Fsp3) is 0.621. The maximum absolute atomic E-state index is 12.9. The Labute approximate surface area is 474 Å². The molecule has 0 rings (SSSR count). The number of carbonyl (C=O) groups is 3. The summed E-state index contributed by atoms with van der Waals surface area (Å²) in [5.41, 5.74) is 0. The fourth-order valence-electron chi connectivity index (χ4n) is 7.52. The zero-order valence-corrected chi connectivity index (χ0v) is 49.7. The topological polar surface area (TPSA) is 155 Å². The number of aliphatic hydroxyl groups excluding tert-OH is 1. The summed E-state index contributed by atoms with van der Waals surface area (Å²) in [6, 6.07) is 0. The number of ether oxygens (including phenoxy) is 3. The lowest BCUT2D eigenvalue weighted by molar-refractivity contribution is -0.161. The summed E-state index contributed by atoms with van der Waals surface area (Å²) < 4.78 is 39.5. The van der Waals surface area contributed by atoms with Crippen molar-refractivity contribution in [3.63, 3.8) is 0 Å². The first-order valence-electron chi connectivity index (χ1n) is 30.1. The maximum atomic E-state index is 12.9. The molecule has 3 unspecified atom stereocenters. The van der Waals surface area contributed by atoms with Gasteiger partial charge in [-0.25, -0.2) is 4.57 Å². The molecule has 3 atom stereocenters. The molecule has 0 heterocycles. The first kappa shape index (κ1) is 73.6. The van der Waals surface area contributed by atoms with E-state index in [-0.39, 0.29) is 25.9 Å². The van der Waals surface area contributed by atoms with Crippen molar-refractivity contribution >= 4 is 25.7 Å². The molecule has 12 heteroatoms. The van der Waals surface area contributed by atoms with Gasteiger partial charge in [-0.1, -0.05) is 206 Å². The van der Waals surface area contributed by atoms with Gasteiger partial charge in [0.2, 0.25) is 0 Å². The van der Waals surface area contributed by atoms with Gasteiger partial charge in [0, 0.05) is 19.3 Å². The first-order valence-corrected chi connectivity index (χ1v) is 31.6. The Morgan fingerprint density at radius 3 is 1.04 bits per heavy atom. The molecule has 0 radical (unpaired) electrons. The number of hydrogen-bond acceptors (Lipinski definition) is 10. The number of unbranched alkanes of at least 4 members (excludes halogenated alkanes) is 15. The van der Waals surface area contributed by atoms with Crippen molar-refractivity contribution in [2.75, 3.05) is 26.4 Å². The van der Waals surface area contributed by atoms with E-state index in [4.69, 9.17) is 23.3 Å². The third kappa shape index (κ3) is 56.3. The average Bonchev–Trinajstić information content (AvgIpc) is 3.43. The number of hydrogen-bond donors (Lipinski definition) is 2. The zero-order valence-electron chi connectivity index (χ0n) is 48.8. The van der Waals surface area contributed by atoms with Gasteiger partial charge < -0.3 is 24.2 Å². The molecular formula is C66H107O11P. The minimum Gasteiger partial charge on any atom is -0.462 e. The van der Waals surface area contributed by atoms with E-state index in [2.05, 4.69) is 154 Å². The van der Waals surface area contributed by atoms with Gasteiger partial charge in [-0.3, -0.25) is 23.4 Å². The average molecular weight is 1110 g/mol. The minimum absolute atomic E-state index is 0.113. The number of esters is 3.